The molecule has 0 aliphatic carbocycles. The number of nitrogens with two attached hydrogens (primary N) is 1. The second kappa shape index (κ2) is 8.17. The Hall–Kier alpha value is -3.99. The minimum Gasteiger partial charge on any atom is -0.364 e. The Labute approximate surface area is 174 Å². The second-order valence-corrected chi connectivity index (χ2v) is 7.33. The van der Waals surface area contributed by atoms with Crippen LogP contribution in [0.25, 0.3) is 16.3 Å². The lowest BCUT2D eigenvalue weighted by Gasteiger charge is -2.05. The number of primary amides is 1. The molecule has 3 N–H and O–H groups in total. The van der Waals surface area contributed by atoms with Crippen LogP contribution in [0.3, 0.4) is 0 Å². The molecule has 0 saturated heterocycles. The average Bonchev–Trinajstić information content (AvgIpc) is 3.42. The first-order chi connectivity index (χ1) is 14.5. The fourth-order valence-corrected chi connectivity index (χ4v) is 3.47. The van der Waals surface area contributed by atoms with Crippen molar-refractivity contribution < 1.29 is 9.59 Å². The number of hydrogen-bond donors (Lipinski definition) is 2. The molecular formula is C19H16N8O2S. The molecule has 0 spiro atoms. The Morgan fingerprint density at radius 3 is 2.60 bits per heavy atom. The van der Waals surface area contributed by atoms with E-state index in [1.54, 1.807) is 13.0 Å². The van der Waals surface area contributed by atoms with Crippen molar-refractivity contribution in [3.05, 3.63) is 70.8 Å². The normalized spacial score (nSPS) is 10.7. The van der Waals surface area contributed by atoms with E-state index in [4.69, 9.17) is 5.73 Å². The van der Waals surface area contributed by atoms with Gasteiger partial charge in [-0.2, -0.15) is 0 Å². The molecule has 2 amide bonds. The Bertz CT molecular complexity index is 1220. The number of nitrogens with zero attached hydrogens (tertiary/aromatic N) is 6. The molecule has 0 bridgehead atoms. The van der Waals surface area contributed by atoms with Crippen LogP contribution in [0, 0.1) is 6.92 Å². The number of aromatic nitrogens is 6. The molecule has 150 valence electrons. The number of carbonyl (C=O) groups excluding carboxylic acids is 2. The lowest BCUT2D eigenvalue weighted by Crippen LogP contribution is -2.23. The van der Waals surface area contributed by atoms with E-state index < -0.39 is 11.8 Å². The van der Waals surface area contributed by atoms with E-state index in [2.05, 4.69) is 30.8 Å². The van der Waals surface area contributed by atoms with Crippen molar-refractivity contribution in [2.24, 2.45) is 5.73 Å². The van der Waals surface area contributed by atoms with Gasteiger partial charge in [-0.1, -0.05) is 46.9 Å². The van der Waals surface area contributed by atoms with Crippen LogP contribution in [0.4, 0.5) is 0 Å². The van der Waals surface area contributed by atoms with Gasteiger partial charge >= 0.3 is 0 Å². The quantitative estimate of drug-likeness (QED) is 0.481. The highest BCUT2D eigenvalue weighted by Crippen LogP contribution is 2.22. The molecule has 0 unspecified atom stereocenters. The Morgan fingerprint density at radius 2 is 1.87 bits per heavy atom. The van der Waals surface area contributed by atoms with E-state index >= 15 is 0 Å². The first-order valence-electron chi connectivity index (χ1n) is 8.87. The fraction of sp³-hybridized carbons (Fsp3) is 0.105. The molecule has 11 heteroatoms. The lowest BCUT2D eigenvalue weighted by molar-refractivity contribution is 0.0944. The predicted molar refractivity (Wildman–Crippen MR) is 109 cm³/mol. The highest BCUT2D eigenvalue weighted by molar-refractivity contribution is 7.14. The monoisotopic (exact) mass is 420 g/mol. The zero-order valence-corrected chi connectivity index (χ0v) is 16.6. The highest BCUT2D eigenvalue weighted by atomic mass is 32.1. The number of pyridine rings is 1. The van der Waals surface area contributed by atoms with Crippen LogP contribution in [0.1, 0.15) is 31.7 Å². The number of carbonyl (C=O) groups is 2. The molecule has 4 aromatic rings. The van der Waals surface area contributed by atoms with Crippen molar-refractivity contribution in [3.8, 4) is 16.3 Å². The highest BCUT2D eigenvalue weighted by Gasteiger charge is 2.15. The van der Waals surface area contributed by atoms with Crippen molar-refractivity contribution in [2.75, 3.05) is 0 Å². The van der Waals surface area contributed by atoms with Gasteiger partial charge in [0.05, 0.1) is 24.1 Å². The average molecular weight is 420 g/mol. The molecule has 1 aromatic carbocycles. The van der Waals surface area contributed by atoms with Gasteiger partial charge in [0, 0.05) is 5.56 Å². The SMILES string of the molecule is Cc1nc(C(N)=O)ccc1-n1cc(C(=O)NCc2nnc(-c3ccccc3)s2)nn1. The molecule has 4 rings (SSSR count). The summed E-state index contributed by atoms with van der Waals surface area (Å²) in [5.41, 5.74) is 7.62. The van der Waals surface area contributed by atoms with Gasteiger partial charge in [-0.05, 0) is 19.1 Å². The summed E-state index contributed by atoms with van der Waals surface area (Å²) < 4.78 is 1.42. The standard InChI is InChI=1S/C19H16N8O2S/c1-11-15(8-7-13(22-11)17(20)28)27-10-14(23-26-27)18(29)21-9-16-24-25-19(30-16)12-5-3-2-4-6-12/h2-8,10H,9H2,1H3,(H2,20,28)(H,21,29). The predicted octanol–water partition coefficient (Wildman–Crippen LogP) is 1.52. The number of amides is 2. The third-order valence-corrected chi connectivity index (χ3v) is 5.14. The molecule has 0 fully saturated rings. The molecule has 0 saturated carbocycles. The van der Waals surface area contributed by atoms with Gasteiger partial charge in [0.15, 0.2) is 5.69 Å². The van der Waals surface area contributed by atoms with Crippen LogP contribution >= 0.6 is 11.3 Å². The van der Waals surface area contributed by atoms with Crippen molar-refractivity contribution in [1.29, 1.82) is 0 Å². The maximum atomic E-state index is 12.4. The number of benzene rings is 1. The molecule has 0 radical (unpaired) electrons. The van der Waals surface area contributed by atoms with Crippen LogP contribution < -0.4 is 11.1 Å². The second-order valence-electron chi connectivity index (χ2n) is 6.26. The summed E-state index contributed by atoms with van der Waals surface area (Å²) >= 11 is 1.41. The Balaban J connectivity index is 1.43. The maximum Gasteiger partial charge on any atom is 0.273 e. The van der Waals surface area contributed by atoms with E-state index in [9.17, 15) is 9.59 Å². The summed E-state index contributed by atoms with van der Waals surface area (Å²) in [7, 11) is 0. The number of rotatable bonds is 6. The van der Waals surface area contributed by atoms with Gasteiger partial charge in [-0.15, -0.1) is 15.3 Å². The summed E-state index contributed by atoms with van der Waals surface area (Å²) in [6, 6.07) is 12.8. The van der Waals surface area contributed by atoms with Crippen molar-refractivity contribution in [1.82, 2.24) is 35.5 Å². The molecule has 10 nitrogen and oxygen atoms in total. The van der Waals surface area contributed by atoms with Crippen molar-refractivity contribution in [2.45, 2.75) is 13.5 Å². The zero-order chi connectivity index (χ0) is 21.1. The van der Waals surface area contributed by atoms with E-state index in [1.807, 2.05) is 30.3 Å². The van der Waals surface area contributed by atoms with Gasteiger partial charge in [0.2, 0.25) is 0 Å². The van der Waals surface area contributed by atoms with Crippen LogP contribution in [-0.4, -0.2) is 42.0 Å². The minimum absolute atomic E-state index is 0.140. The molecule has 0 aliphatic heterocycles. The number of hydrogen-bond acceptors (Lipinski definition) is 8. The van der Waals surface area contributed by atoms with Gasteiger partial charge in [0.25, 0.3) is 11.8 Å². The summed E-state index contributed by atoms with van der Waals surface area (Å²) in [5.74, 6) is -1.01. The maximum absolute atomic E-state index is 12.4. The largest absolute Gasteiger partial charge is 0.364 e. The Morgan fingerprint density at radius 1 is 1.07 bits per heavy atom. The summed E-state index contributed by atoms with van der Waals surface area (Å²) in [4.78, 5) is 27.8. The van der Waals surface area contributed by atoms with Crippen LogP contribution in [0.2, 0.25) is 0 Å². The smallest absolute Gasteiger partial charge is 0.273 e. The van der Waals surface area contributed by atoms with Gasteiger partial charge in [0.1, 0.15) is 15.7 Å². The Kier molecular flexibility index (Phi) is 5.26. The summed E-state index contributed by atoms with van der Waals surface area (Å²) in [5, 5.41) is 20.4. The van der Waals surface area contributed by atoms with Gasteiger partial charge in [-0.25, -0.2) is 9.67 Å². The van der Waals surface area contributed by atoms with Gasteiger partial charge in [-0.3, -0.25) is 9.59 Å². The topological polar surface area (TPSA) is 142 Å². The summed E-state index contributed by atoms with van der Waals surface area (Å²) in [6.45, 7) is 1.94. The minimum atomic E-state index is -0.615. The molecular weight excluding hydrogens is 404 g/mol. The van der Waals surface area contributed by atoms with Crippen molar-refractivity contribution >= 4 is 23.2 Å². The van der Waals surface area contributed by atoms with E-state index in [0.29, 0.717) is 16.4 Å². The van der Waals surface area contributed by atoms with Crippen LogP contribution in [-0.2, 0) is 6.54 Å². The zero-order valence-electron chi connectivity index (χ0n) is 15.8. The molecule has 3 aromatic heterocycles. The molecule has 0 aliphatic rings. The first-order valence-corrected chi connectivity index (χ1v) is 9.69. The number of aryl methyl sites for hydroxylation is 1. The van der Waals surface area contributed by atoms with Crippen molar-refractivity contribution in [3.63, 3.8) is 0 Å². The van der Waals surface area contributed by atoms with Crippen LogP contribution in [0.15, 0.2) is 48.7 Å². The third kappa shape index (κ3) is 4.05. The van der Waals surface area contributed by atoms with E-state index in [0.717, 1.165) is 10.6 Å². The molecule has 30 heavy (non-hydrogen) atoms. The van der Waals surface area contributed by atoms with Gasteiger partial charge < -0.3 is 11.1 Å². The summed E-state index contributed by atoms with van der Waals surface area (Å²) in [6.07, 6.45) is 1.48. The fourth-order valence-electron chi connectivity index (χ4n) is 2.69. The third-order valence-electron chi connectivity index (χ3n) is 4.17. The first kappa shape index (κ1) is 19.3. The molecule has 3 heterocycles. The van der Waals surface area contributed by atoms with E-state index in [1.165, 1.54) is 28.3 Å². The number of nitrogens with one attached hydrogen (secondary N) is 1. The van der Waals surface area contributed by atoms with Crippen LogP contribution in [0.5, 0.6) is 0 Å². The lowest BCUT2D eigenvalue weighted by atomic mass is 10.2. The van der Waals surface area contributed by atoms with E-state index in [-0.39, 0.29) is 17.9 Å². The molecule has 0 atom stereocenters.